The summed E-state index contributed by atoms with van der Waals surface area (Å²) < 4.78 is 6.41. The predicted molar refractivity (Wildman–Crippen MR) is 143 cm³/mol. The Morgan fingerprint density at radius 3 is 2.47 bits per heavy atom. The lowest BCUT2D eigenvalue weighted by Crippen LogP contribution is -2.59. The Morgan fingerprint density at radius 1 is 1.08 bits per heavy atom. The molecule has 0 amide bonds. The molecule has 1 atom stereocenters. The lowest BCUT2D eigenvalue weighted by atomic mass is 9.72. The minimum absolute atomic E-state index is 0.0419. The van der Waals surface area contributed by atoms with Crippen LogP contribution in [0.1, 0.15) is 53.4 Å². The number of nitrogens with zero attached hydrogens (tertiary/aromatic N) is 1. The number of aromatic carboxylic acids is 1. The zero-order valence-corrected chi connectivity index (χ0v) is 20.7. The molecule has 0 aliphatic carbocycles. The summed E-state index contributed by atoms with van der Waals surface area (Å²) in [5.41, 5.74) is 4.26. The summed E-state index contributed by atoms with van der Waals surface area (Å²) in [4.78, 5) is 27.0. The topological polar surface area (TPSA) is 82.8 Å². The van der Waals surface area contributed by atoms with Crippen LogP contribution in [0.3, 0.4) is 0 Å². The molecule has 2 N–H and O–H groups in total. The van der Waals surface area contributed by atoms with E-state index in [4.69, 9.17) is 4.42 Å². The first-order chi connectivity index (χ1) is 17.3. The molecule has 1 unspecified atom stereocenters. The highest BCUT2D eigenvalue weighted by atomic mass is 16.4. The molecule has 6 heteroatoms. The van der Waals surface area contributed by atoms with Gasteiger partial charge in [-0.2, -0.15) is 0 Å². The number of benzene rings is 3. The molecule has 1 fully saturated rings. The second kappa shape index (κ2) is 9.19. The van der Waals surface area contributed by atoms with Crippen LogP contribution >= 0.6 is 0 Å². The SMILES string of the molecule is CCC1(c2ccccc2)CN(c2cc(=O)c3cc(C)cc(C(C)Nc4ccccc4C(=O)O)c3o2)C1. The standard InChI is InChI=1S/C30H30N2O4/c1-4-30(21-10-6-5-7-11-21)17-32(18-30)27-16-26(33)24-15-19(2)14-23(28(24)36-27)20(3)31-25-13-9-8-12-22(25)29(34)35/h5-16,20,31H,4,17-18H2,1-3H3,(H,34,35). The van der Waals surface area contributed by atoms with Gasteiger partial charge in [0.2, 0.25) is 0 Å². The van der Waals surface area contributed by atoms with Crippen LogP contribution < -0.4 is 15.6 Å². The van der Waals surface area contributed by atoms with Crippen LogP contribution in [-0.4, -0.2) is 24.2 Å². The number of fused-ring (bicyclic) bond motifs is 1. The number of carboxylic acid groups (broad SMARTS) is 1. The molecule has 0 radical (unpaired) electrons. The second-order valence-electron chi connectivity index (χ2n) is 9.75. The van der Waals surface area contributed by atoms with Gasteiger partial charge in [0.25, 0.3) is 0 Å². The molecular weight excluding hydrogens is 452 g/mol. The fourth-order valence-electron chi connectivity index (χ4n) is 5.25. The van der Waals surface area contributed by atoms with Crippen molar-refractivity contribution in [3.8, 4) is 0 Å². The average Bonchev–Trinajstić information content (AvgIpc) is 2.84. The molecule has 0 bridgehead atoms. The Hall–Kier alpha value is -4.06. The highest BCUT2D eigenvalue weighted by Crippen LogP contribution is 2.41. The van der Waals surface area contributed by atoms with Gasteiger partial charge in [0, 0.05) is 35.8 Å². The summed E-state index contributed by atoms with van der Waals surface area (Å²) in [6.07, 6.45) is 1.000. The van der Waals surface area contributed by atoms with E-state index < -0.39 is 5.97 Å². The quantitative estimate of drug-likeness (QED) is 0.329. The third kappa shape index (κ3) is 4.13. The van der Waals surface area contributed by atoms with Gasteiger partial charge in [-0.15, -0.1) is 0 Å². The molecule has 3 aromatic carbocycles. The number of hydrogen-bond acceptors (Lipinski definition) is 5. The fourth-order valence-corrected chi connectivity index (χ4v) is 5.25. The summed E-state index contributed by atoms with van der Waals surface area (Å²) in [6.45, 7) is 7.65. The van der Waals surface area contributed by atoms with Crippen molar-refractivity contribution in [1.82, 2.24) is 0 Å². The highest BCUT2D eigenvalue weighted by Gasteiger charge is 2.44. The largest absolute Gasteiger partial charge is 0.478 e. The number of rotatable bonds is 7. The van der Waals surface area contributed by atoms with E-state index in [0.717, 1.165) is 30.6 Å². The first-order valence-corrected chi connectivity index (χ1v) is 12.3. The van der Waals surface area contributed by atoms with Gasteiger partial charge in [-0.1, -0.05) is 55.5 Å². The molecule has 0 spiro atoms. The van der Waals surface area contributed by atoms with Crippen LogP contribution in [0.4, 0.5) is 11.6 Å². The minimum atomic E-state index is -0.996. The van der Waals surface area contributed by atoms with Gasteiger partial charge in [0.1, 0.15) is 5.58 Å². The molecule has 6 nitrogen and oxygen atoms in total. The van der Waals surface area contributed by atoms with Gasteiger partial charge in [0.05, 0.1) is 17.0 Å². The normalized spacial score (nSPS) is 15.4. The smallest absolute Gasteiger partial charge is 0.337 e. The number of carbonyl (C=O) groups is 1. The summed E-state index contributed by atoms with van der Waals surface area (Å²) in [5.74, 6) is -0.431. The van der Waals surface area contributed by atoms with Crippen molar-refractivity contribution in [2.24, 2.45) is 0 Å². The molecular formula is C30H30N2O4. The average molecular weight is 483 g/mol. The summed E-state index contributed by atoms with van der Waals surface area (Å²) >= 11 is 0. The predicted octanol–water partition coefficient (Wildman–Crippen LogP) is 6.14. The number of carboxylic acids is 1. The van der Waals surface area contributed by atoms with Crippen LogP contribution in [0.15, 0.2) is 82.0 Å². The van der Waals surface area contributed by atoms with E-state index in [-0.39, 0.29) is 22.4 Å². The Bertz CT molecular complexity index is 1490. The summed E-state index contributed by atoms with van der Waals surface area (Å²) in [7, 11) is 0. The van der Waals surface area contributed by atoms with Gasteiger partial charge in [0.15, 0.2) is 11.3 Å². The van der Waals surface area contributed by atoms with Crippen molar-refractivity contribution in [3.63, 3.8) is 0 Å². The molecule has 1 aromatic heterocycles. The number of hydrogen-bond donors (Lipinski definition) is 2. The second-order valence-corrected chi connectivity index (χ2v) is 9.75. The van der Waals surface area contributed by atoms with E-state index in [2.05, 4.69) is 41.4 Å². The molecule has 1 saturated heterocycles. The molecule has 5 rings (SSSR count). The Labute approximate surface area is 210 Å². The van der Waals surface area contributed by atoms with E-state index in [1.807, 2.05) is 32.0 Å². The molecule has 36 heavy (non-hydrogen) atoms. The van der Waals surface area contributed by atoms with Crippen molar-refractivity contribution in [1.29, 1.82) is 0 Å². The third-order valence-corrected chi connectivity index (χ3v) is 7.35. The van der Waals surface area contributed by atoms with Crippen LogP contribution in [0.25, 0.3) is 11.0 Å². The zero-order chi connectivity index (χ0) is 25.4. The molecule has 1 aliphatic rings. The van der Waals surface area contributed by atoms with E-state index in [1.165, 1.54) is 5.56 Å². The van der Waals surface area contributed by atoms with Crippen LogP contribution in [0.5, 0.6) is 0 Å². The van der Waals surface area contributed by atoms with Gasteiger partial charge < -0.3 is 19.7 Å². The van der Waals surface area contributed by atoms with Crippen LogP contribution in [-0.2, 0) is 5.41 Å². The summed E-state index contributed by atoms with van der Waals surface area (Å²) in [6, 6.07) is 22.4. The van der Waals surface area contributed by atoms with E-state index >= 15 is 0 Å². The van der Waals surface area contributed by atoms with Gasteiger partial charge in [-0.05, 0) is 49.6 Å². The maximum Gasteiger partial charge on any atom is 0.337 e. The van der Waals surface area contributed by atoms with E-state index in [1.54, 1.807) is 30.3 Å². The van der Waals surface area contributed by atoms with Crippen LogP contribution in [0, 0.1) is 6.92 Å². The highest BCUT2D eigenvalue weighted by molar-refractivity contribution is 5.94. The van der Waals surface area contributed by atoms with Crippen molar-refractivity contribution in [2.45, 2.75) is 38.6 Å². The number of nitrogens with one attached hydrogen (secondary N) is 1. The van der Waals surface area contributed by atoms with Crippen molar-refractivity contribution >= 4 is 28.5 Å². The zero-order valence-electron chi connectivity index (χ0n) is 20.7. The van der Waals surface area contributed by atoms with E-state index in [0.29, 0.717) is 22.5 Å². The molecule has 184 valence electrons. The van der Waals surface area contributed by atoms with Gasteiger partial charge in [-0.25, -0.2) is 4.79 Å². The molecule has 0 saturated carbocycles. The van der Waals surface area contributed by atoms with Crippen LogP contribution in [0.2, 0.25) is 0 Å². The van der Waals surface area contributed by atoms with Crippen molar-refractivity contribution in [2.75, 3.05) is 23.3 Å². The lowest BCUT2D eigenvalue weighted by Gasteiger charge is -2.50. The first-order valence-electron chi connectivity index (χ1n) is 12.3. The first kappa shape index (κ1) is 23.7. The molecule has 1 aliphatic heterocycles. The fraction of sp³-hybridized carbons (Fsp3) is 0.267. The maximum atomic E-state index is 13.2. The van der Waals surface area contributed by atoms with Gasteiger partial charge >= 0.3 is 5.97 Å². The Kier molecular flexibility index (Phi) is 6.04. The minimum Gasteiger partial charge on any atom is -0.478 e. The molecule has 4 aromatic rings. The Balaban J connectivity index is 1.51. The number of anilines is 2. The lowest BCUT2D eigenvalue weighted by molar-refractivity contribution is 0.0698. The van der Waals surface area contributed by atoms with Crippen molar-refractivity contribution < 1.29 is 14.3 Å². The Morgan fingerprint density at radius 2 is 1.78 bits per heavy atom. The third-order valence-electron chi connectivity index (χ3n) is 7.35. The van der Waals surface area contributed by atoms with Crippen molar-refractivity contribution in [3.05, 3.63) is 105 Å². The maximum absolute atomic E-state index is 13.2. The van der Waals surface area contributed by atoms with Gasteiger partial charge in [-0.3, -0.25) is 4.79 Å². The number of aryl methyl sites for hydroxylation is 1. The summed E-state index contributed by atoms with van der Waals surface area (Å²) in [5, 5.41) is 13.4. The molecule has 2 heterocycles. The van der Waals surface area contributed by atoms with E-state index in [9.17, 15) is 14.7 Å². The number of para-hydroxylation sites is 1. The monoisotopic (exact) mass is 482 g/mol.